The average molecular weight is 597 g/mol. The molecule has 2 aliphatic rings. The number of fused-ring (bicyclic) bond motifs is 3. The molecule has 10 nitrogen and oxygen atoms in total. The van der Waals surface area contributed by atoms with Crippen LogP contribution >= 0.6 is 0 Å². The van der Waals surface area contributed by atoms with E-state index in [9.17, 15) is 19.6 Å². The summed E-state index contributed by atoms with van der Waals surface area (Å²) in [5.74, 6) is -4.21. The molecule has 12 heteroatoms. The third-order valence-electron chi connectivity index (χ3n) is 8.04. The Balaban J connectivity index is 1.35. The van der Waals surface area contributed by atoms with Gasteiger partial charge in [0.1, 0.15) is 11.8 Å². The maximum Gasteiger partial charge on any atom is 0.298 e. The highest BCUT2D eigenvalue weighted by molar-refractivity contribution is 6.13. The van der Waals surface area contributed by atoms with E-state index < -0.39 is 29.8 Å². The number of benzene rings is 3. The van der Waals surface area contributed by atoms with E-state index in [0.717, 1.165) is 0 Å². The first-order valence-electron chi connectivity index (χ1n) is 13.7. The van der Waals surface area contributed by atoms with E-state index in [2.05, 4.69) is 10.4 Å². The van der Waals surface area contributed by atoms with Crippen molar-refractivity contribution in [3.8, 4) is 11.8 Å². The van der Waals surface area contributed by atoms with Gasteiger partial charge in [-0.2, -0.15) is 19.1 Å². The van der Waals surface area contributed by atoms with Crippen LogP contribution in [0.15, 0.2) is 79.0 Å². The van der Waals surface area contributed by atoms with Gasteiger partial charge in [-0.25, -0.2) is 0 Å². The number of nitrogens with zero attached hydrogens (tertiary/aromatic N) is 5. The van der Waals surface area contributed by atoms with Crippen LogP contribution in [0.3, 0.4) is 0 Å². The zero-order valence-electron chi connectivity index (χ0n) is 23.7. The molecule has 44 heavy (non-hydrogen) atoms. The van der Waals surface area contributed by atoms with Crippen LogP contribution in [0.2, 0.25) is 0 Å². The molecule has 0 saturated carbocycles. The maximum atomic E-state index is 15.3. The van der Waals surface area contributed by atoms with Crippen molar-refractivity contribution in [2.45, 2.75) is 24.9 Å². The molecule has 0 bridgehead atoms. The molecule has 0 spiro atoms. The summed E-state index contributed by atoms with van der Waals surface area (Å²) in [7, 11) is 1.41. The van der Waals surface area contributed by atoms with Gasteiger partial charge in [0.25, 0.3) is 17.7 Å². The van der Waals surface area contributed by atoms with Crippen LogP contribution in [0, 0.1) is 11.3 Å². The standard InChI is InChI=1S/C32H26F2N6O4/c1-19(41)38-17-26-27(18-38)40-29(25(16-36-40)37-30(42)20-8-13-28(44-2)21(14-20)15-35)31(43)39(26)24-11-9-23(10-12-24)32(33,34)22-6-4-3-5-7-22/h3-14,16,26-27H,17-18H2,1-2H3,(H,37,42)/t26-,27+/m1/s1. The number of ether oxygens (including phenoxy) is 1. The van der Waals surface area contributed by atoms with E-state index in [1.54, 1.807) is 23.1 Å². The molecule has 1 fully saturated rings. The summed E-state index contributed by atoms with van der Waals surface area (Å²) in [6.07, 6.45) is 1.36. The van der Waals surface area contributed by atoms with Crippen LogP contribution in [0.4, 0.5) is 20.2 Å². The minimum atomic E-state index is -3.25. The number of nitriles is 1. The first-order valence-corrected chi connectivity index (χ1v) is 13.7. The average Bonchev–Trinajstić information content (AvgIpc) is 3.67. The summed E-state index contributed by atoms with van der Waals surface area (Å²) >= 11 is 0. The highest BCUT2D eigenvalue weighted by atomic mass is 19.3. The minimum absolute atomic E-state index is 0.0812. The number of carbonyl (C=O) groups is 3. The second-order valence-corrected chi connectivity index (χ2v) is 10.6. The van der Waals surface area contributed by atoms with Crippen LogP contribution in [-0.4, -0.2) is 58.6 Å². The minimum Gasteiger partial charge on any atom is -0.495 e. The van der Waals surface area contributed by atoms with Gasteiger partial charge >= 0.3 is 0 Å². The Morgan fingerprint density at radius 3 is 2.36 bits per heavy atom. The molecule has 3 aromatic carbocycles. The Bertz CT molecular complexity index is 1820. The van der Waals surface area contributed by atoms with E-state index in [1.807, 2.05) is 6.07 Å². The number of alkyl halides is 2. The molecule has 6 rings (SSSR count). The van der Waals surface area contributed by atoms with Crippen LogP contribution in [0.1, 0.15) is 50.5 Å². The van der Waals surface area contributed by atoms with E-state index in [4.69, 9.17) is 4.74 Å². The van der Waals surface area contributed by atoms with Crippen LogP contribution in [0.25, 0.3) is 0 Å². The van der Waals surface area contributed by atoms with Gasteiger partial charge in [-0.3, -0.25) is 24.0 Å². The maximum absolute atomic E-state index is 15.3. The lowest BCUT2D eigenvalue weighted by Gasteiger charge is -2.37. The molecule has 1 aromatic heterocycles. The smallest absolute Gasteiger partial charge is 0.298 e. The number of halogens is 2. The quantitative estimate of drug-likeness (QED) is 0.348. The zero-order chi connectivity index (χ0) is 31.2. The van der Waals surface area contributed by atoms with Gasteiger partial charge in [-0.1, -0.05) is 42.5 Å². The molecule has 4 aromatic rings. The monoisotopic (exact) mass is 596 g/mol. The van der Waals surface area contributed by atoms with Crippen molar-refractivity contribution in [3.05, 3.63) is 107 Å². The summed E-state index contributed by atoms with van der Waals surface area (Å²) < 4.78 is 37.2. The number of hydrogen-bond donors (Lipinski definition) is 1. The lowest BCUT2D eigenvalue weighted by molar-refractivity contribution is -0.127. The number of hydrogen-bond acceptors (Lipinski definition) is 6. The molecule has 1 saturated heterocycles. The first-order chi connectivity index (χ1) is 21.1. The van der Waals surface area contributed by atoms with Gasteiger partial charge in [0, 0.05) is 42.4 Å². The third-order valence-corrected chi connectivity index (χ3v) is 8.04. The molecular weight excluding hydrogens is 570 g/mol. The number of aromatic nitrogens is 2. The molecule has 0 unspecified atom stereocenters. The predicted molar refractivity (Wildman–Crippen MR) is 156 cm³/mol. The fraction of sp³-hybridized carbons (Fsp3) is 0.219. The lowest BCUT2D eigenvalue weighted by atomic mass is 9.99. The highest BCUT2D eigenvalue weighted by Crippen LogP contribution is 2.40. The molecule has 2 aliphatic heterocycles. The number of amides is 3. The SMILES string of the molecule is COc1ccc(C(=O)Nc2cnn3c2C(=O)N(c2ccc(C(F)(F)c4ccccc4)cc2)[C@@H]2CN(C(C)=O)C[C@@H]23)cc1C#N. The molecule has 0 aliphatic carbocycles. The fourth-order valence-electron chi connectivity index (χ4n) is 5.79. The summed E-state index contributed by atoms with van der Waals surface area (Å²) in [5.41, 5.74) is 0.514. The Kier molecular flexibility index (Phi) is 7.09. The molecule has 222 valence electrons. The Morgan fingerprint density at radius 2 is 1.70 bits per heavy atom. The number of likely N-dealkylation sites (tertiary alicyclic amines) is 1. The molecular formula is C32H26F2N6O4. The van der Waals surface area contributed by atoms with E-state index >= 15 is 8.78 Å². The van der Waals surface area contributed by atoms with Gasteiger partial charge in [0.15, 0.2) is 5.69 Å². The molecule has 0 radical (unpaired) electrons. The number of anilines is 2. The number of rotatable bonds is 6. The summed E-state index contributed by atoms with van der Waals surface area (Å²) in [4.78, 5) is 42.7. The number of nitrogens with one attached hydrogen (secondary N) is 1. The predicted octanol–water partition coefficient (Wildman–Crippen LogP) is 4.59. The van der Waals surface area contributed by atoms with Crippen molar-refractivity contribution in [2.24, 2.45) is 0 Å². The van der Waals surface area contributed by atoms with Crippen molar-refractivity contribution in [2.75, 3.05) is 30.4 Å². The number of methoxy groups -OCH3 is 1. The van der Waals surface area contributed by atoms with Gasteiger partial charge in [-0.05, 0) is 30.3 Å². The van der Waals surface area contributed by atoms with Crippen molar-refractivity contribution in [1.29, 1.82) is 5.26 Å². The molecule has 3 heterocycles. The van der Waals surface area contributed by atoms with Crippen LogP contribution in [-0.2, 0) is 10.7 Å². The van der Waals surface area contributed by atoms with Gasteiger partial charge < -0.3 is 15.0 Å². The summed E-state index contributed by atoms with van der Waals surface area (Å²) in [6.45, 7) is 1.92. The number of carbonyl (C=O) groups excluding carboxylic acids is 3. The van der Waals surface area contributed by atoms with E-state index in [1.165, 1.54) is 84.4 Å². The Morgan fingerprint density at radius 1 is 1.02 bits per heavy atom. The Hall–Kier alpha value is -5.57. The van der Waals surface area contributed by atoms with Crippen molar-refractivity contribution in [3.63, 3.8) is 0 Å². The summed E-state index contributed by atoms with van der Waals surface area (Å²) in [6, 6.07) is 18.3. The normalized spacial score (nSPS) is 17.5. The second-order valence-electron chi connectivity index (χ2n) is 10.6. The summed E-state index contributed by atoms with van der Waals surface area (Å²) in [5, 5.41) is 16.5. The third kappa shape index (κ3) is 4.72. The van der Waals surface area contributed by atoms with E-state index in [-0.39, 0.29) is 52.6 Å². The van der Waals surface area contributed by atoms with Gasteiger partial charge in [0.2, 0.25) is 5.91 Å². The van der Waals surface area contributed by atoms with E-state index in [0.29, 0.717) is 11.4 Å². The van der Waals surface area contributed by atoms with Crippen molar-refractivity contribution in [1.82, 2.24) is 14.7 Å². The molecule has 3 amide bonds. The molecule has 2 atom stereocenters. The highest BCUT2D eigenvalue weighted by Gasteiger charge is 2.48. The van der Waals surface area contributed by atoms with Gasteiger partial charge in [0.05, 0.1) is 36.6 Å². The lowest BCUT2D eigenvalue weighted by Crippen LogP contribution is -2.51. The topological polar surface area (TPSA) is 121 Å². The van der Waals surface area contributed by atoms with Crippen LogP contribution < -0.4 is 15.0 Å². The first kappa shape index (κ1) is 28.5. The Labute approximate surface area is 251 Å². The van der Waals surface area contributed by atoms with Crippen LogP contribution in [0.5, 0.6) is 5.75 Å². The second kappa shape index (κ2) is 10.9. The van der Waals surface area contributed by atoms with Crippen molar-refractivity contribution < 1.29 is 27.9 Å². The largest absolute Gasteiger partial charge is 0.495 e. The van der Waals surface area contributed by atoms with Gasteiger partial charge in [-0.15, -0.1) is 0 Å². The fourth-order valence-corrected chi connectivity index (χ4v) is 5.79. The zero-order valence-corrected chi connectivity index (χ0v) is 23.7. The molecule has 1 N–H and O–H groups in total. The van der Waals surface area contributed by atoms with Crippen molar-refractivity contribution >= 4 is 29.1 Å².